The maximum Gasteiger partial charge on any atom is 0.416 e. The van der Waals surface area contributed by atoms with Crippen LogP contribution in [-0.2, 0) is 6.18 Å². The highest BCUT2D eigenvalue weighted by Crippen LogP contribution is 2.30. The number of alkyl halides is 5. The number of hydrogen-bond acceptors (Lipinski definition) is 1. The molecule has 0 fully saturated rings. The molecule has 0 amide bonds. The molecule has 1 aromatic carbocycles. The molecule has 0 saturated carbocycles. The van der Waals surface area contributed by atoms with Crippen LogP contribution in [0.2, 0.25) is 5.15 Å². The molecule has 0 aliphatic carbocycles. The molecule has 102 valence electrons. The summed E-state index contributed by atoms with van der Waals surface area (Å²) >= 11 is 5.70. The lowest BCUT2D eigenvalue weighted by atomic mass is 10.2. The van der Waals surface area contributed by atoms with Gasteiger partial charge in [0.2, 0.25) is 0 Å². The smallest absolute Gasteiger partial charge is 0.222 e. The molecule has 0 aliphatic heterocycles. The molecule has 2 nitrogen and oxygen atoms in total. The topological polar surface area (TPSA) is 17.8 Å². The van der Waals surface area contributed by atoms with Crippen LogP contribution in [0.1, 0.15) is 17.7 Å². The Bertz CT molecular complexity index is 574. The van der Waals surface area contributed by atoms with E-state index in [2.05, 4.69) is 5.10 Å². The van der Waals surface area contributed by atoms with Crippen LogP contribution in [-0.4, -0.2) is 9.78 Å². The molecule has 8 heteroatoms. The molecule has 19 heavy (non-hydrogen) atoms. The molecule has 1 aromatic heterocycles. The van der Waals surface area contributed by atoms with E-state index in [1.54, 1.807) is 0 Å². The fraction of sp³-hybridized carbons (Fsp3) is 0.182. The molecule has 0 bridgehead atoms. The van der Waals surface area contributed by atoms with Gasteiger partial charge in [-0.25, -0.2) is 13.5 Å². The maximum absolute atomic E-state index is 12.4. The largest absolute Gasteiger partial charge is 0.416 e. The van der Waals surface area contributed by atoms with Crippen LogP contribution in [0.15, 0.2) is 30.3 Å². The normalized spacial score (nSPS) is 12.2. The van der Waals surface area contributed by atoms with Gasteiger partial charge in [-0.1, -0.05) is 11.6 Å². The van der Waals surface area contributed by atoms with Gasteiger partial charge >= 0.3 is 6.18 Å². The number of rotatable bonds is 2. The minimum Gasteiger partial charge on any atom is -0.222 e. The quantitative estimate of drug-likeness (QED) is 0.747. The highest BCUT2D eigenvalue weighted by molar-refractivity contribution is 6.29. The van der Waals surface area contributed by atoms with Gasteiger partial charge in [-0.15, -0.1) is 0 Å². The van der Waals surface area contributed by atoms with E-state index in [4.69, 9.17) is 11.6 Å². The molecule has 1 heterocycles. The van der Waals surface area contributed by atoms with E-state index in [0.29, 0.717) is 0 Å². The van der Waals surface area contributed by atoms with Crippen LogP contribution in [0.4, 0.5) is 22.0 Å². The molecule has 2 rings (SSSR count). The summed E-state index contributed by atoms with van der Waals surface area (Å²) in [7, 11) is 0. The lowest BCUT2D eigenvalue weighted by molar-refractivity contribution is -0.137. The summed E-state index contributed by atoms with van der Waals surface area (Å²) < 4.78 is 62.9. The van der Waals surface area contributed by atoms with Crippen LogP contribution in [0, 0.1) is 0 Å². The van der Waals surface area contributed by atoms with Gasteiger partial charge in [-0.2, -0.15) is 18.3 Å². The van der Waals surface area contributed by atoms with Crippen molar-refractivity contribution >= 4 is 11.6 Å². The Morgan fingerprint density at radius 2 is 1.68 bits per heavy atom. The number of benzene rings is 1. The van der Waals surface area contributed by atoms with Crippen molar-refractivity contribution in [3.8, 4) is 5.69 Å². The zero-order chi connectivity index (χ0) is 14.2. The van der Waals surface area contributed by atoms with Crippen molar-refractivity contribution < 1.29 is 22.0 Å². The summed E-state index contributed by atoms with van der Waals surface area (Å²) in [5, 5.41) is 3.42. The first-order chi connectivity index (χ1) is 8.79. The van der Waals surface area contributed by atoms with Crippen molar-refractivity contribution in [2.75, 3.05) is 0 Å². The first-order valence-electron chi connectivity index (χ1n) is 5.00. The van der Waals surface area contributed by atoms with Gasteiger partial charge in [0.05, 0.1) is 11.3 Å². The second-order valence-corrected chi connectivity index (χ2v) is 4.04. The van der Waals surface area contributed by atoms with Gasteiger partial charge in [-0.3, -0.25) is 0 Å². The standard InChI is InChI=1S/C11H6ClF5N2/c12-9-5-8(10(13)14)18-19(9)7-3-1-6(2-4-7)11(15,16)17/h1-5,10H. The van der Waals surface area contributed by atoms with E-state index in [9.17, 15) is 22.0 Å². The average molecular weight is 297 g/mol. The van der Waals surface area contributed by atoms with Crippen molar-refractivity contribution in [3.05, 3.63) is 46.7 Å². The molecular formula is C11H6ClF5N2. The van der Waals surface area contributed by atoms with E-state index in [1.165, 1.54) is 0 Å². The second kappa shape index (κ2) is 4.80. The summed E-state index contributed by atoms with van der Waals surface area (Å²) in [6.07, 6.45) is -7.26. The third kappa shape index (κ3) is 2.86. The lowest BCUT2D eigenvalue weighted by Crippen LogP contribution is -2.05. The molecule has 0 spiro atoms. The van der Waals surface area contributed by atoms with Gasteiger partial charge in [0.15, 0.2) is 0 Å². The van der Waals surface area contributed by atoms with Crippen molar-refractivity contribution in [2.24, 2.45) is 0 Å². The summed E-state index contributed by atoms with van der Waals surface area (Å²) in [4.78, 5) is 0. The molecule has 2 aromatic rings. The third-order valence-electron chi connectivity index (χ3n) is 2.35. The molecule has 0 aliphatic rings. The van der Waals surface area contributed by atoms with Gasteiger partial charge in [0.1, 0.15) is 10.8 Å². The lowest BCUT2D eigenvalue weighted by Gasteiger charge is -2.08. The van der Waals surface area contributed by atoms with Crippen LogP contribution in [0.25, 0.3) is 5.69 Å². The van der Waals surface area contributed by atoms with Crippen molar-refractivity contribution in [2.45, 2.75) is 12.6 Å². The molecule has 0 saturated heterocycles. The van der Waals surface area contributed by atoms with Crippen molar-refractivity contribution in [3.63, 3.8) is 0 Å². The monoisotopic (exact) mass is 296 g/mol. The summed E-state index contributed by atoms with van der Waals surface area (Å²) in [5.41, 5.74) is -1.21. The second-order valence-electron chi connectivity index (χ2n) is 3.65. The van der Waals surface area contributed by atoms with E-state index in [1.807, 2.05) is 0 Å². The first-order valence-corrected chi connectivity index (χ1v) is 5.38. The highest BCUT2D eigenvalue weighted by Gasteiger charge is 2.30. The van der Waals surface area contributed by atoms with Crippen LogP contribution in [0.5, 0.6) is 0 Å². The number of hydrogen-bond donors (Lipinski definition) is 0. The highest BCUT2D eigenvalue weighted by atomic mass is 35.5. The molecule has 0 atom stereocenters. The number of aromatic nitrogens is 2. The van der Waals surface area contributed by atoms with Gasteiger partial charge < -0.3 is 0 Å². The number of halogens is 6. The molecule has 0 radical (unpaired) electrons. The van der Waals surface area contributed by atoms with Crippen LogP contribution < -0.4 is 0 Å². The molecule has 0 N–H and O–H groups in total. The molecular weight excluding hydrogens is 291 g/mol. The minimum absolute atomic E-state index is 0.102. The Morgan fingerprint density at radius 1 is 1.11 bits per heavy atom. The van der Waals surface area contributed by atoms with Crippen molar-refractivity contribution in [1.82, 2.24) is 9.78 Å². The summed E-state index contributed by atoms with van der Waals surface area (Å²) in [6, 6.07) is 4.84. The molecule has 0 unspecified atom stereocenters. The van der Waals surface area contributed by atoms with E-state index in [0.717, 1.165) is 35.0 Å². The fourth-order valence-electron chi connectivity index (χ4n) is 1.45. The maximum atomic E-state index is 12.4. The minimum atomic E-state index is -4.46. The van der Waals surface area contributed by atoms with Gasteiger partial charge in [-0.05, 0) is 24.3 Å². The zero-order valence-electron chi connectivity index (χ0n) is 9.13. The average Bonchev–Trinajstić information content (AvgIpc) is 2.70. The Hall–Kier alpha value is -1.63. The van der Waals surface area contributed by atoms with Crippen LogP contribution >= 0.6 is 11.6 Å². The third-order valence-corrected chi connectivity index (χ3v) is 2.62. The van der Waals surface area contributed by atoms with Gasteiger partial charge in [0, 0.05) is 6.07 Å². The van der Waals surface area contributed by atoms with E-state index >= 15 is 0 Å². The Labute approximate surface area is 109 Å². The van der Waals surface area contributed by atoms with E-state index in [-0.39, 0.29) is 10.8 Å². The predicted octanol–water partition coefficient (Wildman–Crippen LogP) is 4.48. The predicted molar refractivity (Wildman–Crippen MR) is 58.5 cm³/mol. The fourth-order valence-corrected chi connectivity index (χ4v) is 1.70. The Morgan fingerprint density at radius 3 is 2.11 bits per heavy atom. The summed E-state index contributed by atoms with van der Waals surface area (Å²) in [6.45, 7) is 0. The van der Waals surface area contributed by atoms with E-state index < -0.39 is 23.9 Å². The SMILES string of the molecule is FC(F)c1cc(Cl)n(-c2ccc(C(F)(F)F)cc2)n1. The van der Waals surface area contributed by atoms with Crippen molar-refractivity contribution in [1.29, 1.82) is 0 Å². The summed E-state index contributed by atoms with van der Waals surface area (Å²) in [5.74, 6) is 0. The Balaban J connectivity index is 2.37. The first kappa shape index (κ1) is 13.8. The van der Waals surface area contributed by atoms with Gasteiger partial charge in [0.25, 0.3) is 6.43 Å². The Kier molecular flexibility index (Phi) is 3.49. The number of nitrogens with zero attached hydrogens (tertiary/aromatic N) is 2. The zero-order valence-corrected chi connectivity index (χ0v) is 9.88. The van der Waals surface area contributed by atoms with Crippen LogP contribution in [0.3, 0.4) is 0 Å².